The van der Waals surface area contributed by atoms with E-state index in [-0.39, 0.29) is 18.1 Å². The van der Waals surface area contributed by atoms with Crippen molar-refractivity contribution in [1.82, 2.24) is 14.2 Å². The smallest absolute Gasteiger partial charge is 0.298 e. The van der Waals surface area contributed by atoms with Crippen LogP contribution < -0.4 is 5.69 Å². The Morgan fingerprint density at radius 2 is 2.24 bits per heavy atom. The van der Waals surface area contributed by atoms with Gasteiger partial charge < -0.3 is 0 Å². The first-order valence-electron chi connectivity index (χ1n) is 4.88. The third-order valence-corrected chi connectivity index (χ3v) is 2.34. The van der Waals surface area contributed by atoms with Crippen molar-refractivity contribution in [2.24, 2.45) is 12.1 Å². The molecule has 0 spiro atoms. The van der Waals surface area contributed by atoms with Crippen molar-refractivity contribution in [3.63, 3.8) is 0 Å². The third kappa shape index (κ3) is 2.82. The maximum Gasteiger partial charge on any atom is 0.348 e. The summed E-state index contributed by atoms with van der Waals surface area (Å²) in [5.74, 6) is 0. The number of rotatable bonds is 2. The van der Waals surface area contributed by atoms with Crippen LogP contribution in [0.4, 0.5) is 0 Å². The molecule has 0 fully saturated rings. The summed E-state index contributed by atoms with van der Waals surface area (Å²) < 4.78 is 2.85. The fourth-order valence-corrected chi connectivity index (χ4v) is 1.29. The molecule has 5 nitrogen and oxygen atoms in total. The van der Waals surface area contributed by atoms with Crippen LogP contribution in [0.1, 0.15) is 11.3 Å². The van der Waals surface area contributed by atoms with Gasteiger partial charge in [-0.2, -0.15) is 9.78 Å². The predicted molar refractivity (Wildman–Crippen MR) is 68.9 cm³/mol. The van der Waals surface area contributed by atoms with Crippen LogP contribution in [0.2, 0.25) is 0 Å². The van der Waals surface area contributed by atoms with Crippen molar-refractivity contribution >= 4 is 18.6 Å². The van der Waals surface area contributed by atoms with Crippen molar-refractivity contribution < 1.29 is 0 Å². The molecule has 2 rings (SSSR count). The highest BCUT2D eigenvalue weighted by atomic mass is 35.5. The number of nitrogens with zero attached hydrogens (tertiary/aromatic N) is 4. The molecule has 2 heterocycles. The van der Waals surface area contributed by atoms with Gasteiger partial charge >= 0.3 is 5.69 Å². The van der Waals surface area contributed by atoms with Crippen LogP contribution >= 0.6 is 12.4 Å². The lowest BCUT2D eigenvalue weighted by molar-refractivity contribution is 0.754. The van der Waals surface area contributed by atoms with Crippen molar-refractivity contribution in [2.75, 3.05) is 0 Å². The van der Waals surface area contributed by atoms with Gasteiger partial charge in [-0.1, -0.05) is 6.07 Å². The minimum atomic E-state index is -0.155. The van der Waals surface area contributed by atoms with E-state index in [2.05, 4.69) is 10.1 Å². The minimum absolute atomic E-state index is 0. The second-order valence-electron chi connectivity index (χ2n) is 3.49. The van der Waals surface area contributed by atoms with Gasteiger partial charge in [0.25, 0.3) is 0 Å². The van der Waals surface area contributed by atoms with E-state index in [1.165, 1.54) is 4.68 Å². The van der Waals surface area contributed by atoms with E-state index in [0.717, 1.165) is 11.3 Å². The molecule has 0 aromatic carbocycles. The number of aromatic nitrogens is 3. The Morgan fingerprint density at radius 3 is 2.76 bits per heavy atom. The van der Waals surface area contributed by atoms with E-state index in [1.807, 2.05) is 19.1 Å². The first kappa shape index (κ1) is 13.2. The van der Waals surface area contributed by atoms with Crippen molar-refractivity contribution in [3.05, 3.63) is 52.5 Å². The molecule has 0 saturated heterocycles. The fourth-order valence-electron chi connectivity index (χ4n) is 1.29. The lowest BCUT2D eigenvalue weighted by Gasteiger charge is -1.91. The van der Waals surface area contributed by atoms with E-state index < -0.39 is 0 Å². The molecule has 17 heavy (non-hydrogen) atoms. The van der Waals surface area contributed by atoms with Crippen LogP contribution in [0.5, 0.6) is 0 Å². The molecule has 2 aromatic rings. The van der Waals surface area contributed by atoms with E-state index >= 15 is 0 Å². The minimum Gasteiger partial charge on any atom is -0.298 e. The van der Waals surface area contributed by atoms with E-state index in [9.17, 15) is 4.79 Å². The number of aryl methyl sites for hydroxylation is 1. The maximum absolute atomic E-state index is 11.6. The number of hydrogen-bond donors (Lipinski definition) is 0. The molecule has 0 aliphatic heterocycles. The Labute approximate surface area is 105 Å². The van der Waals surface area contributed by atoms with Crippen molar-refractivity contribution in [1.29, 1.82) is 0 Å². The number of halogens is 1. The summed E-state index contributed by atoms with van der Waals surface area (Å²) in [7, 11) is 1.72. The second-order valence-corrected chi connectivity index (χ2v) is 3.49. The van der Waals surface area contributed by atoms with Crippen molar-refractivity contribution in [2.45, 2.75) is 6.92 Å². The van der Waals surface area contributed by atoms with Crippen molar-refractivity contribution in [3.8, 4) is 0 Å². The zero-order chi connectivity index (χ0) is 11.5. The van der Waals surface area contributed by atoms with Crippen LogP contribution in [-0.2, 0) is 7.05 Å². The van der Waals surface area contributed by atoms with Gasteiger partial charge in [-0.3, -0.25) is 9.55 Å². The highest BCUT2D eigenvalue weighted by Crippen LogP contribution is 1.94. The van der Waals surface area contributed by atoms with Gasteiger partial charge in [-0.15, -0.1) is 12.4 Å². The summed E-state index contributed by atoms with van der Waals surface area (Å²) in [4.78, 5) is 15.6. The van der Waals surface area contributed by atoms with Crippen LogP contribution in [0.25, 0.3) is 0 Å². The van der Waals surface area contributed by atoms with Gasteiger partial charge in [0.05, 0.1) is 12.4 Å². The molecule has 2 aromatic heterocycles. The molecule has 0 unspecified atom stereocenters. The Morgan fingerprint density at radius 1 is 1.47 bits per heavy atom. The molecule has 0 amide bonds. The molecular weight excluding hydrogens is 240 g/mol. The van der Waals surface area contributed by atoms with Gasteiger partial charge in [0, 0.05) is 30.7 Å². The SMILES string of the molecule is Cc1cn(N=Cc2cccnc2)c(=O)n1C.Cl. The topological polar surface area (TPSA) is 52.2 Å². The molecule has 0 bridgehead atoms. The van der Waals surface area contributed by atoms with Gasteiger partial charge in [0.1, 0.15) is 0 Å². The van der Waals surface area contributed by atoms with Gasteiger partial charge in [0.2, 0.25) is 0 Å². The van der Waals surface area contributed by atoms with Crippen LogP contribution in [0, 0.1) is 6.92 Å². The molecule has 0 saturated carbocycles. The van der Waals surface area contributed by atoms with Crippen LogP contribution in [-0.4, -0.2) is 20.4 Å². The third-order valence-electron chi connectivity index (χ3n) is 2.34. The standard InChI is InChI=1S/C11H12N4O.ClH/c1-9-8-15(11(16)14(9)2)13-7-10-4-3-5-12-6-10;/h3-8H,1-2H3;1H. The van der Waals surface area contributed by atoms with Crippen LogP contribution in [0.3, 0.4) is 0 Å². The number of imidazole rings is 1. The molecule has 90 valence electrons. The summed E-state index contributed by atoms with van der Waals surface area (Å²) in [5.41, 5.74) is 1.57. The Bertz CT molecular complexity index is 571. The summed E-state index contributed by atoms with van der Waals surface area (Å²) in [6, 6.07) is 3.69. The average Bonchev–Trinajstić information content (AvgIpc) is 2.56. The highest BCUT2D eigenvalue weighted by Gasteiger charge is 2.01. The van der Waals surface area contributed by atoms with E-state index in [0.29, 0.717) is 0 Å². The molecule has 0 atom stereocenters. The summed E-state index contributed by atoms with van der Waals surface area (Å²) in [6.45, 7) is 1.86. The second kappa shape index (κ2) is 5.45. The Hall–Kier alpha value is -1.88. The Kier molecular flexibility index (Phi) is 4.23. The van der Waals surface area contributed by atoms with Gasteiger partial charge in [-0.05, 0) is 13.0 Å². The zero-order valence-corrected chi connectivity index (χ0v) is 10.4. The molecule has 6 heteroatoms. The lowest BCUT2D eigenvalue weighted by Crippen LogP contribution is -2.19. The predicted octanol–water partition coefficient (Wildman–Crippen LogP) is 1.19. The first-order chi connectivity index (χ1) is 7.68. The monoisotopic (exact) mass is 252 g/mol. The molecular formula is C11H13ClN4O. The summed E-state index contributed by atoms with van der Waals surface area (Å²) >= 11 is 0. The Balaban J connectivity index is 0.00000144. The maximum atomic E-state index is 11.6. The molecule has 0 radical (unpaired) electrons. The lowest BCUT2D eigenvalue weighted by atomic mass is 10.3. The fraction of sp³-hybridized carbons (Fsp3) is 0.182. The molecule has 0 aliphatic carbocycles. The number of hydrogen-bond acceptors (Lipinski definition) is 3. The molecule has 0 aliphatic rings. The number of pyridine rings is 1. The average molecular weight is 253 g/mol. The normalized spacial score (nSPS) is 10.5. The highest BCUT2D eigenvalue weighted by molar-refractivity contribution is 5.85. The summed E-state index contributed by atoms with van der Waals surface area (Å²) in [6.07, 6.45) is 6.67. The van der Waals surface area contributed by atoms with Gasteiger partial charge in [-0.25, -0.2) is 4.79 Å². The summed E-state index contributed by atoms with van der Waals surface area (Å²) in [5, 5.41) is 4.08. The van der Waals surface area contributed by atoms with E-state index in [1.54, 1.807) is 36.4 Å². The zero-order valence-electron chi connectivity index (χ0n) is 9.57. The largest absolute Gasteiger partial charge is 0.348 e. The van der Waals surface area contributed by atoms with Gasteiger partial charge in [0.15, 0.2) is 0 Å². The molecule has 0 N–H and O–H groups in total. The van der Waals surface area contributed by atoms with Crippen LogP contribution in [0.15, 0.2) is 40.6 Å². The quantitative estimate of drug-likeness (QED) is 0.754. The van der Waals surface area contributed by atoms with E-state index in [4.69, 9.17) is 0 Å². The first-order valence-corrected chi connectivity index (χ1v) is 4.88.